The van der Waals surface area contributed by atoms with Crippen LogP contribution in [0.2, 0.25) is 0 Å². The summed E-state index contributed by atoms with van der Waals surface area (Å²) in [6.45, 7) is 0. The van der Waals surface area contributed by atoms with Crippen molar-refractivity contribution in [1.82, 2.24) is 4.57 Å². The Morgan fingerprint density at radius 2 is 1.39 bits per heavy atom. The van der Waals surface area contributed by atoms with Gasteiger partial charge >= 0.3 is 6.03 Å². The van der Waals surface area contributed by atoms with Gasteiger partial charge in [-0.1, -0.05) is 42.1 Å². The van der Waals surface area contributed by atoms with E-state index < -0.39 is 0 Å². The van der Waals surface area contributed by atoms with Gasteiger partial charge < -0.3 is 15.2 Å². The molecule has 0 spiro atoms. The maximum Gasteiger partial charge on any atom is 0.323 e. The van der Waals surface area contributed by atoms with E-state index in [0.717, 1.165) is 26.9 Å². The van der Waals surface area contributed by atoms with E-state index in [-0.39, 0.29) is 6.03 Å². The van der Waals surface area contributed by atoms with Crippen molar-refractivity contribution in [1.29, 1.82) is 0 Å². The molecule has 0 aliphatic rings. The molecule has 0 bridgehead atoms. The number of carbonyl (C=O) groups excluding carboxylic acids is 1. The zero-order valence-corrected chi connectivity index (χ0v) is 15.9. The summed E-state index contributed by atoms with van der Waals surface area (Å²) in [5.41, 5.74) is 2.56. The number of hydrogen-bond acceptors (Lipinski definition) is 2. The van der Waals surface area contributed by atoms with Crippen LogP contribution in [0.5, 0.6) is 0 Å². The number of aromatic nitrogens is 1. The van der Waals surface area contributed by atoms with Crippen molar-refractivity contribution in [2.45, 2.75) is 9.79 Å². The zero-order valence-electron chi connectivity index (χ0n) is 15.1. The monoisotopic (exact) mass is 385 g/mol. The largest absolute Gasteiger partial charge is 0.324 e. The first kappa shape index (κ1) is 17.9. The number of benzene rings is 3. The maximum atomic E-state index is 12.5. The van der Waals surface area contributed by atoms with Gasteiger partial charge in [-0.2, -0.15) is 0 Å². The van der Waals surface area contributed by atoms with E-state index >= 15 is 0 Å². The number of nitrogens with one attached hydrogen (secondary N) is 2. The SMILES string of the molecule is O=C(Nc1ccc(-n2cccc2)cc1)Nc1ccccc1Sc1ccccc1. The lowest BCUT2D eigenvalue weighted by Gasteiger charge is -2.12. The highest BCUT2D eigenvalue weighted by Gasteiger charge is 2.08. The standard InChI is InChI=1S/C23H19N3OS/c27-23(24-18-12-14-19(15-13-18)26-16-6-7-17-26)25-21-10-4-5-11-22(21)28-20-8-2-1-3-9-20/h1-17H,(H2,24,25,27). The van der Waals surface area contributed by atoms with Crippen molar-refractivity contribution in [3.63, 3.8) is 0 Å². The summed E-state index contributed by atoms with van der Waals surface area (Å²) in [7, 11) is 0. The second kappa shape index (κ2) is 8.50. The van der Waals surface area contributed by atoms with Crippen LogP contribution in [-0.4, -0.2) is 10.6 Å². The molecule has 3 aromatic carbocycles. The molecule has 2 amide bonds. The van der Waals surface area contributed by atoms with Gasteiger partial charge in [0.2, 0.25) is 0 Å². The van der Waals surface area contributed by atoms with E-state index in [1.165, 1.54) is 0 Å². The number of urea groups is 1. The summed E-state index contributed by atoms with van der Waals surface area (Å²) < 4.78 is 2.01. The smallest absolute Gasteiger partial charge is 0.323 e. The van der Waals surface area contributed by atoms with Crippen LogP contribution in [0.4, 0.5) is 16.2 Å². The molecule has 0 atom stereocenters. The highest BCUT2D eigenvalue weighted by molar-refractivity contribution is 7.99. The van der Waals surface area contributed by atoms with Gasteiger partial charge in [-0.3, -0.25) is 0 Å². The number of amides is 2. The van der Waals surface area contributed by atoms with Gasteiger partial charge in [-0.15, -0.1) is 0 Å². The number of carbonyl (C=O) groups is 1. The van der Waals surface area contributed by atoms with E-state index in [1.54, 1.807) is 11.8 Å². The molecule has 0 saturated carbocycles. The summed E-state index contributed by atoms with van der Waals surface area (Å²) in [5.74, 6) is 0. The number of hydrogen-bond donors (Lipinski definition) is 2. The van der Waals surface area contributed by atoms with Crippen molar-refractivity contribution in [2.75, 3.05) is 10.6 Å². The normalized spacial score (nSPS) is 10.4. The third-order valence-electron chi connectivity index (χ3n) is 4.13. The van der Waals surface area contributed by atoms with Crippen molar-refractivity contribution in [3.05, 3.63) is 103 Å². The highest BCUT2D eigenvalue weighted by atomic mass is 32.2. The summed E-state index contributed by atoms with van der Waals surface area (Å²) >= 11 is 1.62. The fraction of sp³-hybridized carbons (Fsp3) is 0. The molecule has 138 valence electrons. The molecule has 0 aliphatic heterocycles. The predicted molar refractivity (Wildman–Crippen MR) is 115 cm³/mol. The quantitative estimate of drug-likeness (QED) is 0.425. The second-order valence-electron chi connectivity index (χ2n) is 6.13. The molecule has 5 heteroatoms. The lowest BCUT2D eigenvalue weighted by Crippen LogP contribution is -2.19. The molecule has 4 nitrogen and oxygen atoms in total. The number of rotatable bonds is 5. The highest BCUT2D eigenvalue weighted by Crippen LogP contribution is 2.33. The summed E-state index contributed by atoms with van der Waals surface area (Å²) in [6, 6.07) is 29.3. The predicted octanol–water partition coefficient (Wildman–Crippen LogP) is 6.27. The average molecular weight is 385 g/mol. The Morgan fingerprint density at radius 3 is 2.14 bits per heavy atom. The number of para-hydroxylation sites is 1. The number of nitrogens with zero attached hydrogens (tertiary/aromatic N) is 1. The molecular weight excluding hydrogens is 366 g/mol. The van der Waals surface area contributed by atoms with E-state index in [9.17, 15) is 4.79 Å². The van der Waals surface area contributed by atoms with Gasteiger partial charge in [0, 0.05) is 33.6 Å². The van der Waals surface area contributed by atoms with Gasteiger partial charge in [-0.25, -0.2) is 4.79 Å². The first-order valence-corrected chi connectivity index (χ1v) is 9.73. The van der Waals surface area contributed by atoms with E-state index in [0.29, 0.717) is 0 Å². The average Bonchev–Trinajstić information content (AvgIpc) is 3.26. The molecule has 28 heavy (non-hydrogen) atoms. The topological polar surface area (TPSA) is 46.1 Å². The van der Waals surface area contributed by atoms with Crippen molar-refractivity contribution >= 4 is 29.2 Å². The Labute approximate surface area is 168 Å². The molecule has 0 radical (unpaired) electrons. The third kappa shape index (κ3) is 4.45. The van der Waals surface area contributed by atoms with Crippen LogP contribution in [0.15, 0.2) is 113 Å². The van der Waals surface area contributed by atoms with Crippen LogP contribution >= 0.6 is 11.8 Å². The first-order valence-electron chi connectivity index (χ1n) is 8.91. The molecule has 1 aromatic heterocycles. The van der Waals surface area contributed by atoms with Gasteiger partial charge in [0.15, 0.2) is 0 Å². The Balaban J connectivity index is 1.43. The molecular formula is C23H19N3OS. The summed E-state index contributed by atoms with van der Waals surface area (Å²) in [5, 5.41) is 5.83. The Kier molecular flexibility index (Phi) is 5.45. The van der Waals surface area contributed by atoms with Crippen LogP contribution in [0.1, 0.15) is 0 Å². The molecule has 0 aliphatic carbocycles. The molecule has 0 fully saturated rings. The van der Waals surface area contributed by atoms with Gasteiger partial charge in [0.25, 0.3) is 0 Å². The Hall–Kier alpha value is -3.44. The van der Waals surface area contributed by atoms with Crippen LogP contribution < -0.4 is 10.6 Å². The third-order valence-corrected chi connectivity index (χ3v) is 5.22. The van der Waals surface area contributed by atoms with Crippen LogP contribution in [-0.2, 0) is 0 Å². The van der Waals surface area contributed by atoms with Crippen molar-refractivity contribution in [3.8, 4) is 5.69 Å². The minimum Gasteiger partial charge on any atom is -0.324 e. The van der Waals surface area contributed by atoms with E-state index in [4.69, 9.17) is 0 Å². The first-order chi connectivity index (χ1) is 13.8. The van der Waals surface area contributed by atoms with Crippen molar-refractivity contribution in [2.24, 2.45) is 0 Å². The molecule has 4 aromatic rings. The van der Waals surface area contributed by atoms with Gasteiger partial charge in [0.05, 0.1) is 5.69 Å². The molecule has 1 heterocycles. The summed E-state index contributed by atoms with van der Waals surface area (Å²) in [6.07, 6.45) is 3.97. The van der Waals surface area contributed by atoms with E-state index in [2.05, 4.69) is 10.6 Å². The summed E-state index contributed by atoms with van der Waals surface area (Å²) in [4.78, 5) is 14.6. The maximum absolute atomic E-state index is 12.5. The van der Waals surface area contributed by atoms with Crippen LogP contribution in [0.25, 0.3) is 5.69 Å². The lowest BCUT2D eigenvalue weighted by atomic mass is 10.3. The molecule has 0 saturated heterocycles. The lowest BCUT2D eigenvalue weighted by molar-refractivity contribution is 0.262. The Morgan fingerprint density at radius 1 is 0.714 bits per heavy atom. The zero-order chi connectivity index (χ0) is 19.2. The molecule has 0 unspecified atom stereocenters. The van der Waals surface area contributed by atoms with E-state index in [1.807, 2.05) is 108 Å². The molecule has 4 rings (SSSR count). The molecule has 2 N–H and O–H groups in total. The fourth-order valence-electron chi connectivity index (χ4n) is 2.78. The number of anilines is 2. The minimum absolute atomic E-state index is 0.269. The van der Waals surface area contributed by atoms with Crippen LogP contribution in [0, 0.1) is 0 Å². The fourth-order valence-corrected chi connectivity index (χ4v) is 3.71. The van der Waals surface area contributed by atoms with Gasteiger partial charge in [0.1, 0.15) is 0 Å². The Bertz CT molecular complexity index is 1040. The minimum atomic E-state index is -0.269. The van der Waals surface area contributed by atoms with Gasteiger partial charge in [-0.05, 0) is 60.7 Å². The van der Waals surface area contributed by atoms with Crippen LogP contribution in [0.3, 0.4) is 0 Å². The van der Waals surface area contributed by atoms with Crippen molar-refractivity contribution < 1.29 is 4.79 Å². The second-order valence-corrected chi connectivity index (χ2v) is 7.24.